The van der Waals surface area contributed by atoms with Gasteiger partial charge < -0.3 is 9.64 Å². The molecule has 128 valence electrons. The molecule has 0 radical (unpaired) electrons. The Hall–Kier alpha value is -1.53. The fourth-order valence-electron chi connectivity index (χ4n) is 3.01. The molecule has 2 aliphatic heterocycles. The average molecular weight is 369 g/mol. The summed E-state index contributed by atoms with van der Waals surface area (Å²) in [6.07, 6.45) is 0.932. The Kier molecular flexibility index (Phi) is 5.15. The number of benzene rings is 1. The second kappa shape index (κ2) is 7.15. The van der Waals surface area contributed by atoms with Crippen LogP contribution < -0.4 is 0 Å². The SMILES string of the molecule is CCOC(=O)C1=C(C)N=C2SCCCN2[C@@H]1c1c(F)cccc1Cl. The molecular formula is C17H18ClFN2O2S. The molecule has 0 spiro atoms. The van der Waals surface area contributed by atoms with E-state index in [0.717, 1.165) is 17.3 Å². The van der Waals surface area contributed by atoms with Crippen LogP contribution in [0.4, 0.5) is 4.39 Å². The van der Waals surface area contributed by atoms with Gasteiger partial charge in [0.15, 0.2) is 5.17 Å². The van der Waals surface area contributed by atoms with Gasteiger partial charge in [-0.15, -0.1) is 0 Å². The Bertz CT molecular complexity index is 715. The van der Waals surface area contributed by atoms with E-state index < -0.39 is 17.8 Å². The van der Waals surface area contributed by atoms with Crippen molar-refractivity contribution in [2.45, 2.75) is 26.3 Å². The van der Waals surface area contributed by atoms with Gasteiger partial charge in [-0.25, -0.2) is 14.2 Å². The molecule has 1 atom stereocenters. The fraction of sp³-hybridized carbons (Fsp3) is 0.412. The lowest BCUT2D eigenvalue weighted by atomic mass is 9.93. The Morgan fingerprint density at radius 3 is 3.04 bits per heavy atom. The topological polar surface area (TPSA) is 41.9 Å². The lowest BCUT2D eigenvalue weighted by Gasteiger charge is -2.40. The van der Waals surface area contributed by atoms with Crippen LogP contribution in [-0.4, -0.2) is 34.9 Å². The van der Waals surface area contributed by atoms with Crippen LogP contribution in [0.25, 0.3) is 0 Å². The van der Waals surface area contributed by atoms with Gasteiger partial charge in [0.25, 0.3) is 0 Å². The molecule has 0 amide bonds. The van der Waals surface area contributed by atoms with E-state index in [-0.39, 0.29) is 6.61 Å². The predicted molar refractivity (Wildman–Crippen MR) is 94.7 cm³/mol. The number of aliphatic imine (C=N–C) groups is 1. The number of amidine groups is 1. The minimum absolute atomic E-state index is 0.249. The average Bonchev–Trinajstić information content (AvgIpc) is 2.54. The first kappa shape index (κ1) is 17.3. The van der Waals surface area contributed by atoms with Crippen molar-refractivity contribution in [3.05, 3.63) is 45.9 Å². The number of allylic oxidation sites excluding steroid dienone is 1. The summed E-state index contributed by atoms with van der Waals surface area (Å²) in [6.45, 7) is 4.44. The Balaban J connectivity index is 2.18. The molecule has 0 saturated carbocycles. The molecular weight excluding hydrogens is 351 g/mol. The number of halogens is 2. The third-order valence-corrected chi connectivity index (χ3v) is 5.43. The zero-order chi connectivity index (χ0) is 17.3. The number of rotatable bonds is 3. The number of hydrogen-bond donors (Lipinski definition) is 0. The molecule has 0 aromatic heterocycles. The Morgan fingerprint density at radius 2 is 2.33 bits per heavy atom. The van der Waals surface area contributed by atoms with Crippen LogP contribution in [0.1, 0.15) is 31.9 Å². The summed E-state index contributed by atoms with van der Waals surface area (Å²) < 4.78 is 19.8. The maximum Gasteiger partial charge on any atom is 0.338 e. The van der Waals surface area contributed by atoms with E-state index in [4.69, 9.17) is 16.3 Å². The molecule has 0 aliphatic carbocycles. The van der Waals surface area contributed by atoms with Crippen LogP contribution in [0.2, 0.25) is 5.02 Å². The molecule has 1 aromatic carbocycles. The molecule has 1 saturated heterocycles. The second-order valence-electron chi connectivity index (χ2n) is 5.55. The summed E-state index contributed by atoms with van der Waals surface area (Å²) >= 11 is 7.91. The number of ether oxygens (including phenoxy) is 1. The van der Waals surface area contributed by atoms with Crippen LogP contribution in [-0.2, 0) is 9.53 Å². The molecule has 1 fully saturated rings. The van der Waals surface area contributed by atoms with Crippen molar-refractivity contribution in [3.8, 4) is 0 Å². The minimum Gasteiger partial charge on any atom is -0.463 e. The van der Waals surface area contributed by atoms with Crippen LogP contribution in [0.5, 0.6) is 0 Å². The number of thioether (sulfide) groups is 1. The molecule has 3 rings (SSSR count). The fourth-order valence-corrected chi connectivity index (χ4v) is 4.30. The molecule has 1 aromatic rings. The molecule has 2 heterocycles. The lowest BCUT2D eigenvalue weighted by molar-refractivity contribution is -0.139. The number of hydrogen-bond acceptors (Lipinski definition) is 5. The maximum atomic E-state index is 14.6. The molecule has 2 aliphatic rings. The van der Waals surface area contributed by atoms with Crippen molar-refractivity contribution in [2.24, 2.45) is 4.99 Å². The first-order valence-corrected chi connectivity index (χ1v) is 9.20. The number of fused-ring (bicyclic) bond motifs is 1. The summed E-state index contributed by atoms with van der Waals surface area (Å²) in [7, 11) is 0. The van der Waals surface area contributed by atoms with Crippen molar-refractivity contribution >= 4 is 34.5 Å². The standard InChI is InChI=1S/C17H18ClFN2O2S/c1-3-23-16(22)13-10(2)20-17-21(8-5-9-24-17)15(13)14-11(18)6-4-7-12(14)19/h4,6-7,15H,3,5,8-9H2,1-2H3/t15-/m0/s1. The molecule has 24 heavy (non-hydrogen) atoms. The van der Waals surface area contributed by atoms with Crippen LogP contribution in [0, 0.1) is 5.82 Å². The number of carbonyl (C=O) groups is 1. The molecule has 0 N–H and O–H groups in total. The van der Waals surface area contributed by atoms with Gasteiger partial charge in [0.2, 0.25) is 0 Å². The summed E-state index contributed by atoms with van der Waals surface area (Å²) in [6, 6.07) is 3.95. The zero-order valence-electron chi connectivity index (χ0n) is 13.5. The molecule has 4 nitrogen and oxygen atoms in total. The van der Waals surface area contributed by atoms with Gasteiger partial charge in [-0.1, -0.05) is 29.4 Å². The van der Waals surface area contributed by atoms with E-state index >= 15 is 0 Å². The highest BCUT2D eigenvalue weighted by Crippen LogP contribution is 2.42. The van der Waals surface area contributed by atoms with E-state index in [9.17, 15) is 9.18 Å². The van der Waals surface area contributed by atoms with Gasteiger partial charge in [0, 0.05) is 22.9 Å². The quantitative estimate of drug-likeness (QED) is 0.751. The lowest BCUT2D eigenvalue weighted by Crippen LogP contribution is -2.42. The highest BCUT2D eigenvalue weighted by atomic mass is 35.5. The predicted octanol–water partition coefficient (Wildman–Crippen LogP) is 4.17. The van der Waals surface area contributed by atoms with Crippen LogP contribution in [0.15, 0.2) is 34.5 Å². The van der Waals surface area contributed by atoms with Gasteiger partial charge in [-0.05, 0) is 32.4 Å². The Labute approximate surface area is 149 Å². The van der Waals surface area contributed by atoms with E-state index in [1.165, 1.54) is 6.07 Å². The van der Waals surface area contributed by atoms with Gasteiger partial charge in [-0.2, -0.15) is 0 Å². The van der Waals surface area contributed by atoms with E-state index in [2.05, 4.69) is 4.99 Å². The van der Waals surface area contributed by atoms with Gasteiger partial charge in [0.1, 0.15) is 5.82 Å². The smallest absolute Gasteiger partial charge is 0.338 e. The van der Waals surface area contributed by atoms with Crippen molar-refractivity contribution in [1.82, 2.24) is 4.90 Å². The number of carbonyl (C=O) groups excluding carboxylic acids is 1. The molecule has 7 heteroatoms. The summed E-state index contributed by atoms with van der Waals surface area (Å²) in [4.78, 5) is 19.0. The van der Waals surface area contributed by atoms with Gasteiger partial charge >= 0.3 is 5.97 Å². The van der Waals surface area contributed by atoms with Gasteiger partial charge in [-0.3, -0.25) is 0 Å². The zero-order valence-corrected chi connectivity index (χ0v) is 15.1. The van der Waals surface area contributed by atoms with Crippen molar-refractivity contribution in [2.75, 3.05) is 18.9 Å². The third-order valence-electron chi connectivity index (χ3n) is 4.03. The summed E-state index contributed by atoms with van der Waals surface area (Å²) in [5, 5.41) is 1.10. The second-order valence-corrected chi connectivity index (χ2v) is 7.02. The van der Waals surface area contributed by atoms with E-state index in [1.54, 1.807) is 37.7 Å². The summed E-state index contributed by atoms with van der Waals surface area (Å²) in [5.74, 6) is 0.0475. The van der Waals surface area contributed by atoms with E-state index in [0.29, 0.717) is 28.4 Å². The van der Waals surface area contributed by atoms with Crippen molar-refractivity contribution < 1.29 is 13.9 Å². The molecule has 0 bridgehead atoms. The van der Waals surface area contributed by atoms with Gasteiger partial charge in [0.05, 0.1) is 23.9 Å². The number of nitrogens with zero attached hydrogens (tertiary/aromatic N) is 2. The first-order chi connectivity index (χ1) is 11.5. The minimum atomic E-state index is -0.613. The monoisotopic (exact) mass is 368 g/mol. The first-order valence-electron chi connectivity index (χ1n) is 7.84. The summed E-state index contributed by atoms with van der Waals surface area (Å²) in [5.41, 5.74) is 1.21. The van der Waals surface area contributed by atoms with E-state index in [1.807, 2.05) is 4.90 Å². The van der Waals surface area contributed by atoms with Crippen LogP contribution >= 0.6 is 23.4 Å². The highest BCUT2D eigenvalue weighted by molar-refractivity contribution is 8.13. The molecule has 0 unspecified atom stereocenters. The Morgan fingerprint density at radius 1 is 1.54 bits per heavy atom. The van der Waals surface area contributed by atoms with Crippen molar-refractivity contribution in [3.63, 3.8) is 0 Å². The maximum absolute atomic E-state index is 14.6. The van der Waals surface area contributed by atoms with Crippen LogP contribution in [0.3, 0.4) is 0 Å². The normalized spacial score (nSPS) is 20.6. The third kappa shape index (κ3) is 3.05. The largest absolute Gasteiger partial charge is 0.463 e. The number of esters is 1. The highest BCUT2D eigenvalue weighted by Gasteiger charge is 2.40. The van der Waals surface area contributed by atoms with Crippen molar-refractivity contribution in [1.29, 1.82) is 0 Å².